The molecule has 0 saturated heterocycles. The molecule has 0 spiro atoms. The van der Waals surface area contributed by atoms with E-state index >= 15 is 0 Å². The van der Waals surface area contributed by atoms with E-state index in [0.29, 0.717) is 25.9 Å². The molecule has 0 aromatic heterocycles. The summed E-state index contributed by atoms with van der Waals surface area (Å²) in [6, 6.07) is -0.547. The molecule has 0 saturated carbocycles. The van der Waals surface area contributed by atoms with Crippen molar-refractivity contribution in [1.82, 2.24) is 5.32 Å². The molecule has 2 atom stereocenters. The Hall–Kier alpha value is -1.66. The first kappa shape index (κ1) is 69.3. The summed E-state index contributed by atoms with van der Waals surface area (Å²) in [5.74, 6) is -0.0383. The van der Waals surface area contributed by atoms with Gasteiger partial charge >= 0.3 is 5.97 Å². The smallest absolute Gasteiger partial charge is 0.305 e. The van der Waals surface area contributed by atoms with Crippen molar-refractivity contribution in [3.8, 4) is 0 Å². The molecule has 0 aliphatic carbocycles. The van der Waals surface area contributed by atoms with Gasteiger partial charge in [0.1, 0.15) is 0 Å². The molecule has 0 bridgehead atoms. The summed E-state index contributed by atoms with van der Waals surface area (Å²) in [6.07, 6.45) is 74.7. The number of allylic oxidation sites excluding steroid dienone is 4. The summed E-state index contributed by atoms with van der Waals surface area (Å²) in [4.78, 5) is 24.6. The molecule has 3 N–H and O–H groups in total. The highest BCUT2D eigenvalue weighted by Gasteiger charge is 2.20. The Morgan fingerprint density at radius 3 is 1.10 bits per heavy atom. The van der Waals surface area contributed by atoms with E-state index in [9.17, 15) is 19.8 Å². The topological polar surface area (TPSA) is 95.9 Å². The van der Waals surface area contributed by atoms with E-state index in [1.807, 2.05) is 0 Å². The van der Waals surface area contributed by atoms with Gasteiger partial charge in [-0.3, -0.25) is 9.59 Å². The average molecular weight is 1000 g/mol. The SMILES string of the molecule is CCCCC/C=C\C/C=C\CCCCCCCCCCCC(=O)OCCCCCCCCCCCCCCCCCCC(=O)NC(CO)C(O)CCCCCCCCCCCCCCCCCCCCC. The number of hydrogen-bond donors (Lipinski definition) is 3. The first-order chi connectivity index (χ1) is 35.0. The van der Waals surface area contributed by atoms with Crippen LogP contribution in [0.3, 0.4) is 0 Å². The molecule has 0 aromatic carbocycles. The zero-order valence-corrected chi connectivity index (χ0v) is 48.0. The molecule has 420 valence electrons. The molecular formula is C65H125NO5. The van der Waals surface area contributed by atoms with Crippen LogP contribution < -0.4 is 5.32 Å². The number of aliphatic hydroxyl groups excluding tert-OH is 2. The lowest BCUT2D eigenvalue weighted by atomic mass is 10.0. The monoisotopic (exact) mass is 1000 g/mol. The maximum atomic E-state index is 12.5. The van der Waals surface area contributed by atoms with Gasteiger partial charge in [0.15, 0.2) is 0 Å². The molecule has 1 amide bonds. The Morgan fingerprint density at radius 1 is 0.394 bits per heavy atom. The predicted octanol–water partition coefficient (Wildman–Crippen LogP) is 20.2. The number of nitrogens with one attached hydrogen (secondary N) is 1. The van der Waals surface area contributed by atoms with E-state index in [4.69, 9.17) is 4.74 Å². The zero-order chi connectivity index (χ0) is 51.4. The van der Waals surface area contributed by atoms with Crippen molar-refractivity contribution < 1.29 is 24.5 Å². The number of amides is 1. The van der Waals surface area contributed by atoms with Crippen LogP contribution in [0.5, 0.6) is 0 Å². The van der Waals surface area contributed by atoms with Gasteiger partial charge in [0, 0.05) is 12.8 Å². The van der Waals surface area contributed by atoms with Gasteiger partial charge in [-0.05, 0) is 57.8 Å². The zero-order valence-electron chi connectivity index (χ0n) is 48.0. The van der Waals surface area contributed by atoms with E-state index in [-0.39, 0.29) is 18.5 Å². The molecule has 0 fully saturated rings. The summed E-state index contributed by atoms with van der Waals surface area (Å²) in [5.41, 5.74) is 0. The molecule has 6 nitrogen and oxygen atoms in total. The second kappa shape index (κ2) is 60.9. The normalized spacial score (nSPS) is 12.7. The van der Waals surface area contributed by atoms with E-state index in [2.05, 4.69) is 43.5 Å². The number of esters is 1. The number of aliphatic hydroxyl groups is 2. The summed E-state index contributed by atoms with van der Waals surface area (Å²) < 4.78 is 5.50. The second-order valence-corrected chi connectivity index (χ2v) is 22.1. The number of ether oxygens (including phenoxy) is 1. The molecule has 0 rings (SSSR count). The lowest BCUT2D eigenvalue weighted by Gasteiger charge is -2.22. The minimum atomic E-state index is -0.670. The molecular weight excluding hydrogens is 875 g/mol. The minimum Gasteiger partial charge on any atom is -0.466 e. The van der Waals surface area contributed by atoms with Crippen molar-refractivity contribution in [2.45, 2.75) is 366 Å². The quantitative estimate of drug-likeness (QED) is 0.0320. The highest BCUT2D eigenvalue weighted by molar-refractivity contribution is 5.76. The number of unbranched alkanes of at least 4 members (excludes halogenated alkanes) is 45. The second-order valence-electron chi connectivity index (χ2n) is 22.1. The summed E-state index contributed by atoms with van der Waals surface area (Å²) in [5, 5.41) is 23.4. The largest absolute Gasteiger partial charge is 0.466 e. The average Bonchev–Trinajstić information content (AvgIpc) is 3.37. The number of rotatable bonds is 60. The Kier molecular flexibility index (Phi) is 59.5. The predicted molar refractivity (Wildman–Crippen MR) is 310 cm³/mol. The fraction of sp³-hybridized carbons (Fsp3) is 0.908. The number of carbonyl (C=O) groups is 2. The molecule has 0 radical (unpaired) electrons. The van der Waals surface area contributed by atoms with Gasteiger partial charge in [-0.15, -0.1) is 0 Å². The maximum Gasteiger partial charge on any atom is 0.305 e. The van der Waals surface area contributed by atoms with Gasteiger partial charge < -0.3 is 20.3 Å². The van der Waals surface area contributed by atoms with Crippen LogP contribution in [0.4, 0.5) is 0 Å². The Morgan fingerprint density at radius 2 is 0.704 bits per heavy atom. The Bertz CT molecular complexity index is 1110. The Balaban J connectivity index is 3.41. The molecule has 71 heavy (non-hydrogen) atoms. The molecule has 0 heterocycles. The third kappa shape index (κ3) is 57.5. The molecule has 6 heteroatoms. The summed E-state index contributed by atoms with van der Waals surface area (Å²) in [6.45, 7) is 4.94. The Labute approximate surface area is 443 Å². The van der Waals surface area contributed by atoms with Crippen molar-refractivity contribution in [2.24, 2.45) is 0 Å². The van der Waals surface area contributed by atoms with Crippen molar-refractivity contribution in [2.75, 3.05) is 13.2 Å². The number of carbonyl (C=O) groups excluding carboxylic acids is 2. The first-order valence-electron chi connectivity index (χ1n) is 32.1. The third-order valence-electron chi connectivity index (χ3n) is 15.0. The summed E-state index contributed by atoms with van der Waals surface area (Å²) in [7, 11) is 0. The van der Waals surface area contributed by atoms with Crippen LogP contribution >= 0.6 is 0 Å². The fourth-order valence-electron chi connectivity index (χ4n) is 10.1. The van der Waals surface area contributed by atoms with Crippen LogP contribution in [0.15, 0.2) is 24.3 Å². The standard InChI is InChI=1S/C65H125NO5/c1-3-5-7-9-11-13-15-17-19-21-23-25-29-33-37-41-45-49-53-57-63(68)62(61-67)66-64(69)58-54-50-46-42-38-34-30-27-28-32-36-40-44-48-52-56-60-71-65(70)59-55-51-47-43-39-35-31-26-24-22-20-18-16-14-12-10-8-6-4-2/h12,14,18,20,62-63,67-68H,3-11,13,15-17,19,21-61H2,1-2H3,(H,66,69)/b14-12-,20-18-. The van der Waals surface area contributed by atoms with Crippen LogP contribution in [0, 0.1) is 0 Å². The van der Waals surface area contributed by atoms with Gasteiger partial charge in [0.05, 0.1) is 25.4 Å². The van der Waals surface area contributed by atoms with E-state index in [0.717, 1.165) is 51.4 Å². The molecule has 0 aromatic rings. The van der Waals surface area contributed by atoms with Gasteiger partial charge in [-0.1, -0.05) is 308 Å². The lowest BCUT2D eigenvalue weighted by molar-refractivity contribution is -0.143. The van der Waals surface area contributed by atoms with Gasteiger partial charge in [0.25, 0.3) is 0 Å². The van der Waals surface area contributed by atoms with Crippen molar-refractivity contribution in [3.63, 3.8) is 0 Å². The fourth-order valence-corrected chi connectivity index (χ4v) is 10.1. The van der Waals surface area contributed by atoms with E-state index < -0.39 is 12.1 Å². The maximum absolute atomic E-state index is 12.5. The van der Waals surface area contributed by atoms with Crippen LogP contribution in [-0.2, 0) is 14.3 Å². The van der Waals surface area contributed by atoms with E-state index in [1.165, 1.54) is 270 Å². The minimum absolute atomic E-state index is 0.000333. The van der Waals surface area contributed by atoms with Crippen molar-refractivity contribution in [1.29, 1.82) is 0 Å². The van der Waals surface area contributed by atoms with Crippen molar-refractivity contribution >= 4 is 11.9 Å². The highest BCUT2D eigenvalue weighted by Crippen LogP contribution is 2.18. The van der Waals surface area contributed by atoms with Crippen molar-refractivity contribution in [3.05, 3.63) is 24.3 Å². The molecule has 0 aliphatic heterocycles. The molecule has 2 unspecified atom stereocenters. The van der Waals surface area contributed by atoms with Gasteiger partial charge in [0.2, 0.25) is 5.91 Å². The molecule has 0 aliphatic rings. The van der Waals surface area contributed by atoms with Gasteiger partial charge in [-0.25, -0.2) is 0 Å². The highest BCUT2D eigenvalue weighted by atomic mass is 16.5. The van der Waals surface area contributed by atoms with Crippen LogP contribution in [0.1, 0.15) is 354 Å². The third-order valence-corrected chi connectivity index (χ3v) is 15.0. The van der Waals surface area contributed by atoms with E-state index in [1.54, 1.807) is 0 Å². The number of hydrogen-bond acceptors (Lipinski definition) is 5. The van der Waals surface area contributed by atoms with Crippen LogP contribution in [0.25, 0.3) is 0 Å². The van der Waals surface area contributed by atoms with Gasteiger partial charge in [-0.2, -0.15) is 0 Å². The lowest BCUT2D eigenvalue weighted by Crippen LogP contribution is -2.45. The van der Waals surface area contributed by atoms with Crippen LogP contribution in [0.2, 0.25) is 0 Å². The summed E-state index contributed by atoms with van der Waals surface area (Å²) >= 11 is 0. The van der Waals surface area contributed by atoms with Crippen LogP contribution in [-0.4, -0.2) is 47.4 Å². The first-order valence-corrected chi connectivity index (χ1v) is 32.1.